The summed E-state index contributed by atoms with van der Waals surface area (Å²) in [4.78, 5) is 28.7. The first-order valence-corrected chi connectivity index (χ1v) is 11.0. The van der Waals surface area contributed by atoms with E-state index in [1.54, 1.807) is 6.07 Å². The largest absolute Gasteiger partial charge is 0.504 e. The van der Waals surface area contributed by atoms with Crippen molar-refractivity contribution < 1.29 is 23.8 Å². The van der Waals surface area contributed by atoms with Gasteiger partial charge in [-0.2, -0.15) is 0 Å². The highest BCUT2D eigenvalue weighted by Crippen LogP contribution is 2.51. The molecule has 3 aliphatic rings. The minimum absolute atomic E-state index is 0.0124. The van der Waals surface area contributed by atoms with Crippen molar-refractivity contribution in [2.24, 2.45) is 11.8 Å². The molecule has 168 valence electrons. The number of carbonyl (C=O) groups is 2. The number of benzene rings is 1. The van der Waals surface area contributed by atoms with Crippen LogP contribution >= 0.6 is 11.6 Å². The first kappa shape index (κ1) is 22.0. The van der Waals surface area contributed by atoms with Crippen LogP contribution in [0.15, 0.2) is 24.0 Å². The molecule has 4 atom stereocenters. The van der Waals surface area contributed by atoms with Crippen LogP contribution in [0.1, 0.15) is 36.5 Å². The van der Waals surface area contributed by atoms with Crippen LogP contribution in [0.5, 0.6) is 5.75 Å². The van der Waals surface area contributed by atoms with Crippen molar-refractivity contribution in [1.29, 1.82) is 0 Å². The van der Waals surface area contributed by atoms with E-state index in [0.717, 1.165) is 25.2 Å². The Kier molecular flexibility index (Phi) is 5.92. The minimum atomic E-state index is -0.758. The van der Waals surface area contributed by atoms with E-state index in [2.05, 4.69) is 17.1 Å². The number of ketones is 1. The monoisotopic (exact) mass is 448 g/mol. The molecule has 3 heterocycles. The zero-order valence-corrected chi connectivity index (χ0v) is 19.1. The van der Waals surface area contributed by atoms with Gasteiger partial charge >= 0.3 is 5.97 Å². The van der Waals surface area contributed by atoms with Crippen molar-refractivity contribution in [3.8, 4) is 5.75 Å². The Morgan fingerprint density at radius 3 is 2.77 bits per heavy atom. The van der Waals surface area contributed by atoms with Crippen molar-refractivity contribution in [2.75, 3.05) is 39.7 Å². The molecule has 31 heavy (non-hydrogen) atoms. The highest BCUT2D eigenvalue weighted by Gasteiger charge is 2.60. The van der Waals surface area contributed by atoms with Gasteiger partial charge in [-0.1, -0.05) is 24.9 Å². The highest BCUT2D eigenvalue weighted by molar-refractivity contribution is 6.33. The quantitative estimate of drug-likeness (QED) is 0.419. The Bertz CT molecular complexity index is 933. The zero-order chi connectivity index (χ0) is 22.3. The van der Waals surface area contributed by atoms with Gasteiger partial charge in [-0.05, 0) is 36.8 Å². The van der Waals surface area contributed by atoms with Gasteiger partial charge in [0.05, 0.1) is 43.8 Å². The zero-order valence-electron chi connectivity index (χ0n) is 18.4. The number of hydrogen-bond acceptors (Lipinski definition) is 7. The third-order valence-electron chi connectivity index (χ3n) is 7.21. The molecular formula is C23H29ClN2O5. The molecule has 1 spiro atoms. The van der Waals surface area contributed by atoms with Gasteiger partial charge in [-0.15, -0.1) is 0 Å². The molecule has 2 saturated heterocycles. The van der Waals surface area contributed by atoms with Gasteiger partial charge in [0.15, 0.2) is 5.78 Å². The molecule has 1 N–H and O–H groups in total. The minimum Gasteiger partial charge on any atom is -0.504 e. The van der Waals surface area contributed by atoms with Crippen molar-refractivity contribution in [3.63, 3.8) is 0 Å². The van der Waals surface area contributed by atoms with Crippen LogP contribution in [-0.2, 0) is 14.3 Å². The normalized spacial score (nSPS) is 30.0. The Morgan fingerprint density at radius 1 is 1.35 bits per heavy atom. The predicted octanol–water partition coefficient (Wildman–Crippen LogP) is 3.52. The third-order valence-corrected chi connectivity index (χ3v) is 7.51. The van der Waals surface area contributed by atoms with Crippen LogP contribution in [-0.4, -0.2) is 62.7 Å². The topological polar surface area (TPSA) is 77.1 Å². The van der Waals surface area contributed by atoms with Gasteiger partial charge in [0, 0.05) is 24.8 Å². The number of methoxy groups -OCH3 is 3. The van der Waals surface area contributed by atoms with E-state index in [-0.39, 0.29) is 29.6 Å². The second-order valence-electron chi connectivity index (χ2n) is 8.50. The SMILES string of the molecule is CC[C@@H]1CN2CCC3(Nc4ccc(Cl)c(OC)c4C3=O)C2C[C@@H]1/C(=C\OC)C(=O)OC. The molecule has 0 saturated carbocycles. The number of Topliss-reactive ketones (excluding diaryl/α,β-unsaturated/α-hetero) is 1. The average molecular weight is 449 g/mol. The summed E-state index contributed by atoms with van der Waals surface area (Å²) in [5.41, 5.74) is 1.04. The summed E-state index contributed by atoms with van der Waals surface area (Å²) < 4.78 is 15.7. The molecule has 1 aromatic rings. The smallest absolute Gasteiger partial charge is 0.337 e. The van der Waals surface area contributed by atoms with Crippen LogP contribution in [0, 0.1) is 11.8 Å². The third kappa shape index (κ3) is 3.29. The number of esters is 1. The van der Waals surface area contributed by atoms with Gasteiger partial charge in [0.2, 0.25) is 0 Å². The maximum absolute atomic E-state index is 13.8. The summed E-state index contributed by atoms with van der Waals surface area (Å²) in [6.45, 7) is 3.76. The van der Waals surface area contributed by atoms with E-state index in [9.17, 15) is 9.59 Å². The molecular weight excluding hydrogens is 420 g/mol. The van der Waals surface area contributed by atoms with E-state index < -0.39 is 5.54 Å². The molecule has 0 amide bonds. The van der Waals surface area contributed by atoms with Crippen molar-refractivity contribution in [1.82, 2.24) is 4.90 Å². The van der Waals surface area contributed by atoms with E-state index in [1.165, 1.54) is 27.6 Å². The number of ether oxygens (including phenoxy) is 3. The van der Waals surface area contributed by atoms with E-state index >= 15 is 0 Å². The number of nitrogens with one attached hydrogen (secondary N) is 1. The lowest BCUT2D eigenvalue weighted by molar-refractivity contribution is -0.137. The van der Waals surface area contributed by atoms with E-state index in [0.29, 0.717) is 34.8 Å². The van der Waals surface area contributed by atoms with Gasteiger partial charge in [-0.25, -0.2) is 4.79 Å². The molecule has 2 unspecified atom stereocenters. The van der Waals surface area contributed by atoms with Gasteiger partial charge in [-0.3, -0.25) is 9.69 Å². The fourth-order valence-corrected chi connectivity index (χ4v) is 5.96. The second-order valence-corrected chi connectivity index (χ2v) is 8.91. The van der Waals surface area contributed by atoms with Gasteiger partial charge in [0.25, 0.3) is 0 Å². The maximum atomic E-state index is 13.8. The molecule has 1 aromatic carbocycles. The fraction of sp³-hybridized carbons (Fsp3) is 0.565. The molecule has 7 nitrogen and oxygen atoms in total. The number of piperidine rings is 1. The number of carbonyl (C=O) groups excluding carboxylic acids is 2. The molecule has 0 aliphatic carbocycles. The lowest BCUT2D eigenvalue weighted by Gasteiger charge is -2.45. The number of halogens is 1. The van der Waals surface area contributed by atoms with Crippen molar-refractivity contribution in [3.05, 3.63) is 34.6 Å². The molecule has 0 aromatic heterocycles. The van der Waals surface area contributed by atoms with Crippen LogP contribution in [0.2, 0.25) is 5.02 Å². The Labute approximate surface area is 187 Å². The standard InChI is InChI=1S/C23H29ClN2O5/c1-5-13-11-26-9-8-23(18(26)10-14(13)15(12-29-2)22(28)31-4)21(27)19-17(25-23)7-6-16(24)20(19)30-3/h6-7,12-14,18,25H,5,8-11H2,1-4H3/b15-12+/t13-,14+,18?,23?/m1/s1. The number of rotatable bonds is 5. The molecule has 4 rings (SSSR count). The summed E-state index contributed by atoms with van der Waals surface area (Å²) in [5, 5.41) is 3.95. The molecule has 0 bridgehead atoms. The lowest BCUT2D eigenvalue weighted by atomic mass is 9.72. The number of nitrogens with zero attached hydrogens (tertiary/aromatic N) is 1. The summed E-state index contributed by atoms with van der Waals surface area (Å²) in [7, 11) is 4.44. The molecule has 8 heteroatoms. The van der Waals surface area contributed by atoms with Crippen molar-refractivity contribution in [2.45, 2.75) is 37.8 Å². The van der Waals surface area contributed by atoms with Crippen LogP contribution < -0.4 is 10.1 Å². The Balaban J connectivity index is 1.72. The summed E-state index contributed by atoms with van der Waals surface area (Å²) >= 11 is 6.31. The number of anilines is 1. The molecule has 0 radical (unpaired) electrons. The highest BCUT2D eigenvalue weighted by atomic mass is 35.5. The van der Waals surface area contributed by atoms with Gasteiger partial charge in [0.1, 0.15) is 11.3 Å². The number of hydrogen-bond donors (Lipinski definition) is 1. The Hall–Kier alpha value is -2.25. The molecule has 2 fully saturated rings. The summed E-state index contributed by atoms with van der Waals surface area (Å²) in [6.07, 6.45) is 3.77. The average Bonchev–Trinajstić information content (AvgIpc) is 3.28. The van der Waals surface area contributed by atoms with Crippen LogP contribution in [0.25, 0.3) is 0 Å². The predicted molar refractivity (Wildman–Crippen MR) is 118 cm³/mol. The maximum Gasteiger partial charge on any atom is 0.337 e. The number of fused-ring (bicyclic) bond motifs is 3. The van der Waals surface area contributed by atoms with Crippen molar-refractivity contribution >= 4 is 29.0 Å². The van der Waals surface area contributed by atoms with E-state index in [4.69, 9.17) is 25.8 Å². The van der Waals surface area contributed by atoms with Crippen LogP contribution in [0.3, 0.4) is 0 Å². The molecule has 3 aliphatic heterocycles. The summed E-state index contributed by atoms with van der Waals surface area (Å²) in [6, 6.07) is 3.53. The summed E-state index contributed by atoms with van der Waals surface area (Å²) in [5.74, 6) is 0.263. The first-order chi connectivity index (χ1) is 14.9. The fourth-order valence-electron chi connectivity index (χ4n) is 5.73. The first-order valence-electron chi connectivity index (χ1n) is 10.7. The lowest BCUT2D eigenvalue weighted by Crippen LogP contribution is -2.57. The van der Waals surface area contributed by atoms with Gasteiger partial charge < -0.3 is 19.5 Å². The second kappa shape index (κ2) is 8.36. The van der Waals surface area contributed by atoms with Crippen LogP contribution in [0.4, 0.5) is 5.69 Å². The van der Waals surface area contributed by atoms with E-state index in [1.807, 2.05) is 6.07 Å². The Morgan fingerprint density at radius 2 is 2.13 bits per heavy atom.